The summed E-state index contributed by atoms with van der Waals surface area (Å²) in [6.07, 6.45) is 0. The molecule has 0 saturated heterocycles. The van der Waals surface area contributed by atoms with Crippen molar-refractivity contribution in [2.45, 2.75) is 0 Å². The van der Waals surface area contributed by atoms with Crippen LogP contribution >= 0.6 is 0 Å². The van der Waals surface area contributed by atoms with Gasteiger partial charge in [0.05, 0.1) is 9.60 Å². The molecule has 9 aromatic rings. The lowest BCUT2D eigenvalue weighted by molar-refractivity contribution is 0.668. The largest absolute Gasteiger partial charge is 0.456 e. The smallest absolute Gasteiger partial charge is 0.135 e. The molecule has 0 atom stereocenters. The van der Waals surface area contributed by atoms with Gasteiger partial charge in [0.15, 0.2) is 0 Å². The second-order valence-corrected chi connectivity index (χ2v) is 9.91. The van der Waals surface area contributed by atoms with Gasteiger partial charge in [0.25, 0.3) is 0 Å². The zero-order valence-electron chi connectivity index (χ0n) is 28.0. The van der Waals surface area contributed by atoms with Gasteiger partial charge in [-0.2, -0.15) is 0 Å². The van der Waals surface area contributed by atoms with Crippen LogP contribution in [-0.4, -0.2) is 0 Å². The second kappa shape index (κ2) is 8.08. The Hall–Kier alpha value is -5.34. The molecule has 2 heteroatoms. The van der Waals surface area contributed by atoms with E-state index in [4.69, 9.17) is 15.7 Å². The van der Waals surface area contributed by atoms with Crippen LogP contribution in [0.1, 0.15) is 9.60 Å². The standard InChI is InChI=1S/C38H22O2/c1-2-12-28-27(11-1)37(23-17-19-35-31(21-23)25-9-5-7-15-33(25)39-35)29-13-3-4-14-30(29)38(28)24-18-20-36-32(22-24)26-10-6-8-16-34(26)40-36/h1-22H/i5D,7D,9D,15D,17D,19D,21D. The summed E-state index contributed by atoms with van der Waals surface area (Å²) in [6, 6.07) is 27.5. The summed E-state index contributed by atoms with van der Waals surface area (Å²) in [5, 5.41) is 5.53. The molecule has 0 fully saturated rings. The van der Waals surface area contributed by atoms with E-state index in [2.05, 4.69) is 6.07 Å². The molecular formula is C38H22O2. The maximum atomic E-state index is 9.50. The summed E-state index contributed by atoms with van der Waals surface area (Å²) in [7, 11) is 0. The zero-order chi connectivity index (χ0) is 32.3. The normalized spacial score (nSPS) is 14.4. The van der Waals surface area contributed by atoms with Gasteiger partial charge in [0, 0.05) is 21.5 Å². The maximum Gasteiger partial charge on any atom is 0.135 e. The lowest BCUT2D eigenvalue weighted by Crippen LogP contribution is -1.90. The highest BCUT2D eigenvalue weighted by atomic mass is 16.3. The lowest BCUT2D eigenvalue weighted by Gasteiger charge is -2.17. The number of hydrogen-bond donors (Lipinski definition) is 0. The van der Waals surface area contributed by atoms with E-state index in [0.717, 1.165) is 54.6 Å². The summed E-state index contributed by atoms with van der Waals surface area (Å²) in [5.41, 5.74) is 4.15. The first-order valence-corrected chi connectivity index (χ1v) is 13.0. The van der Waals surface area contributed by atoms with Crippen LogP contribution in [0.15, 0.2) is 142 Å². The van der Waals surface area contributed by atoms with Crippen molar-refractivity contribution in [2.75, 3.05) is 0 Å². The van der Waals surface area contributed by atoms with Crippen molar-refractivity contribution in [3.8, 4) is 22.3 Å². The lowest BCUT2D eigenvalue weighted by atomic mass is 9.85. The molecule has 0 aliphatic heterocycles. The van der Waals surface area contributed by atoms with Crippen LogP contribution in [0.4, 0.5) is 0 Å². The number of rotatable bonds is 2. The molecule has 9 rings (SSSR count). The maximum absolute atomic E-state index is 9.50. The Morgan fingerprint density at radius 1 is 0.400 bits per heavy atom. The van der Waals surface area contributed by atoms with E-state index in [1.54, 1.807) is 0 Å². The first-order chi connectivity index (χ1) is 22.8. The van der Waals surface area contributed by atoms with E-state index in [9.17, 15) is 2.74 Å². The number of furan rings is 2. The van der Waals surface area contributed by atoms with E-state index in [-0.39, 0.29) is 57.7 Å². The summed E-state index contributed by atoms with van der Waals surface area (Å²) in [6.45, 7) is 0. The Balaban J connectivity index is 1.43. The quantitative estimate of drug-likeness (QED) is 0.213. The number of hydrogen-bond acceptors (Lipinski definition) is 2. The highest BCUT2D eigenvalue weighted by molar-refractivity contribution is 6.22. The first kappa shape index (κ1) is 15.9. The number of fused-ring (bicyclic) bond motifs is 8. The minimum atomic E-state index is -0.458. The van der Waals surface area contributed by atoms with Gasteiger partial charge in [-0.05, 0) is 80.1 Å². The highest BCUT2D eigenvalue weighted by Crippen LogP contribution is 2.45. The topological polar surface area (TPSA) is 26.3 Å². The monoisotopic (exact) mass is 517 g/mol. The van der Waals surface area contributed by atoms with Crippen molar-refractivity contribution < 1.29 is 18.4 Å². The third-order valence-corrected chi connectivity index (χ3v) is 7.73. The highest BCUT2D eigenvalue weighted by Gasteiger charge is 2.18. The van der Waals surface area contributed by atoms with Gasteiger partial charge >= 0.3 is 0 Å². The van der Waals surface area contributed by atoms with Gasteiger partial charge < -0.3 is 8.83 Å². The van der Waals surface area contributed by atoms with Crippen molar-refractivity contribution >= 4 is 65.4 Å². The van der Waals surface area contributed by atoms with Crippen molar-refractivity contribution in [1.29, 1.82) is 0 Å². The molecule has 0 amide bonds. The Morgan fingerprint density at radius 2 is 0.975 bits per heavy atom. The van der Waals surface area contributed by atoms with Crippen LogP contribution in [0, 0.1) is 0 Å². The molecule has 0 aliphatic carbocycles. The molecule has 40 heavy (non-hydrogen) atoms. The molecular weight excluding hydrogens is 488 g/mol. The Kier molecular flexibility index (Phi) is 3.22. The van der Waals surface area contributed by atoms with E-state index < -0.39 is 12.1 Å². The van der Waals surface area contributed by atoms with Crippen LogP contribution in [-0.2, 0) is 0 Å². The molecule has 7 aromatic carbocycles. The van der Waals surface area contributed by atoms with Gasteiger partial charge in [-0.1, -0.05) is 97.0 Å². The summed E-state index contributed by atoms with van der Waals surface area (Å²) in [4.78, 5) is 0. The van der Waals surface area contributed by atoms with Crippen molar-refractivity contribution in [3.05, 3.63) is 133 Å². The van der Waals surface area contributed by atoms with Crippen LogP contribution in [0.2, 0.25) is 0 Å². The van der Waals surface area contributed by atoms with Gasteiger partial charge in [-0.15, -0.1) is 0 Å². The predicted octanol–water partition coefficient (Wildman–Crippen LogP) is 11.1. The molecule has 0 unspecified atom stereocenters. The molecule has 2 nitrogen and oxygen atoms in total. The fourth-order valence-electron chi connectivity index (χ4n) is 6.02. The van der Waals surface area contributed by atoms with Crippen molar-refractivity contribution in [1.82, 2.24) is 0 Å². The molecule has 0 bridgehead atoms. The van der Waals surface area contributed by atoms with Crippen molar-refractivity contribution in [3.63, 3.8) is 0 Å². The molecule has 0 N–H and O–H groups in total. The van der Waals surface area contributed by atoms with Crippen molar-refractivity contribution in [2.24, 2.45) is 0 Å². The Bertz CT molecular complexity index is 2770. The molecule has 0 aliphatic rings. The van der Waals surface area contributed by atoms with Gasteiger partial charge in [-0.3, -0.25) is 0 Å². The average Bonchev–Trinajstić information content (AvgIpc) is 3.68. The minimum absolute atomic E-state index is 0.0385. The van der Waals surface area contributed by atoms with Gasteiger partial charge in [0.2, 0.25) is 0 Å². The van der Waals surface area contributed by atoms with Gasteiger partial charge in [-0.25, -0.2) is 0 Å². The number of benzene rings is 7. The zero-order valence-corrected chi connectivity index (χ0v) is 21.0. The van der Waals surface area contributed by atoms with Crippen LogP contribution in [0.25, 0.3) is 87.7 Å². The second-order valence-electron chi connectivity index (χ2n) is 9.91. The molecule has 0 spiro atoms. The fourth-order valence-corrected chi connectivity index (χ4v) is 6.02. The molecule has 186 valence electrons. The van der Waals surface area contributed by atoms with Crippen LogP contribution < -0.4 is 0 Å². The molecule has 0 saturated carbocycles. The van der Waals surface area contributed by atoms with Crippen LogP contribution in [0.3, 0.4) is 0 Å². The van der Waals surface area contributed by atoms with E-state index in [0.29, 0.717) is 5.56 Å². The Labute approximate surface area is 239 Å². The number of para-hydroxylation sites is 2. The fraction of sp³-hybridized carbons (Fsp3) is 0. The summed E-state index contributed by atoms with van der Waals surface area (Å²) >= 11 is 0. The first-order valence-electron chi connectivity index (χ1n) is 16.5. The molecule has 2 heterocycles. The van der Waals surface area contributed by atoms with E-state index in [1.807, 2.05) is 84.9 Å². The van der Waals surface area contributed by atoms with Gasteiger partial charge in [0.1, 0.15) is 22.3 Å². The van der Waals surface area contributed by atoms with E-state index in [1.165, 1.54) is 0 Å². The summed E-state index contributed by atoms with van der Waals surface area (Å²) < 4.78 is 73.1. The Morgan fingerprint density at radius 3 is 1.73 bits per heavy atom. The predicted molar refractivity (Wildman–Crippen MR) is 167 cm³/mol. The third kappa shape index (κ3) is 2.99. The molecule has 2 aromatic heterocycles. The summed E-state index contributed by atoms with van der Waals surface area (Å²) in [5.74, 6) is 0. The molecule has 0 radical (unpaired) electrons. The SMILES string of the molecule is [2H]c1c([2H])c([2H])c2c(oc3c([2H])c([2H])c(-c4c5ccccc5c(-c5ccc6oc7ccccc7c6c5)c5ccccc45)c([2H])c32)c1[2H]. The van der Waals surface area contributed by atoms with E-state index >= 15 is 0 Å². The third-order valence-electron chi connectivity index (χ3n) is 7.73. The minimum Gasteiger partial charge on any atom is -0.456 e. The van der Waals surface area contributed by atoms with Crippen LogP contribution in [0.5, 0.6) is 0 Å². The average molecular weight is 518 g/mol.